The number of benzene rings is 1. The number of anilines is 1. The van der Waals surface area contributed by atoms with Gasteiger partial charge in [0.15, 0.2) is 0 Å². The van der Waals surface area contributed by atoms with Crippen LogP contribution >= 0.6 is 0 Å². The van der Waals surface area contributed by atoms with Crippen LogP contribution in [0.3, 0.4) is 0 Å². The molecule has 0 saturated heterocycles. The Morgan fingerprint density at radius 2 is 2.17 bits per heavy atom. The van der Waals surface area contributed by atoms with E-state index in [4.69, 9.17) is 5.11 Å². The maximum atomic E-state index is 11.9. The third-order valence-corrected chi connectivity index (χ3v) is 3.06. The number of urea groups is 1. The van der Waals surface area contributed by atoms with E-state index < -0.39 is 5.97 Å². The van der Waals surface area contributed by atoms with Crippen LogP contribution in [0.4, 0.5) is 10.5 Å². The lowest BCUT2D eigenvalue weighted by molar-refractivity contribution is -0.137. The van der Waals surface area contributed by atoms with E-state index in [0.29, 0.717) is 13.1 Å². The van der Waals surface area contributed by atoms with E-state index in [9.17, 15) is 9.59 Å². The third-order valence-electron chi connectivity index (χ3n) is 3.06. The molecule has 5 nitrogen and oxygen atoms in total. The fourth-order valence-electron chi connectivity index (χ4n) is 2.32. The van der Waals surface area contributed by atoms with Gasteiger partial charge in [0, 0.05) is 24.7 Å². The molecule has 2 N–H and O–H groups in total. The van der Waals surface area contributed by atoms with Crippen molar-refractivity contribution in [1.82, 2.24) is 5.32 Å². The van der Waals surface area contributed by atoms with E-state index in [-0.39, 0.29) is 18.4 Å². The van der Waals surface area contributed by atoms with Gasteiger partial charge in [0.05, 0.1) is 6.42 Å². The van der Waals surface area contributed by atoms with Crippen molar-refractivity contribution >= 4 is 17.7 Å². The lowest BCUT2D eigenvalue weighted by Crippen LogP contribution is -2.39. The van der Waals surface area contributed by atoms with Crippen molar-refractivity contribution in [2.45, 2.75) is 19.3 Å². The minimum atomic E-state index is -0.840. The van der Waals surface area contributed by atoms with E-state index in [0.717, 1.165) is 11.3 Å². The van der Waals surface area contributed by atoms with Crippen LogP contribution in [-0.4, -0.2) is 30.2 Å². The highest BCUT2D eigenvalue weighted by atomic mass is 16.4. The monoisotopic (exact) mass is 248 g/mol. The maximum absolute atomic E-state index is 11.9. The van der Waals surface area contributed by atoms with Gasteiger partial charge in [-0.15, -0.1) is 0 Å². The first kappa shape index (κ1) is 12.4. The molecule has 1 aliphatic rings. The molecule has 2 amide bonds. The predicted octanol–water partition coefficient (Wildman–Crippen LogP) is 1.79. The third kappa shape index (κ3) is 2.30. The Morgan fingerprint density at radius 1 is 1.44 bits per heavy atom. The number of carboxylic acids is 1. The van der Waals surface area contributed by atoms with Crippen LogP contribution in [0.1, 0.15) is 24.8 Å². The summed E-state index contributed by atoms with van der Waals surface area (Å²) >= 11 is 0. The zero-order valence-electron chi connectivity index (χ0n) is 10.2. The molecule has 0 bridgehead atoms. The number of rotatable bonds is 3. The van der Waals surface area contributed by atoms with Crippen molar-refractivity contribution in [3.05, 3.63) is 29.8 Å². The Hall–Kier alpha value is -2.04. The van der Waals surface area contributed by atoms with Crippen LogP contribution in [0.2, 0.25) is 0 Å². The molecule has 18 heavy (non-hydrogen) atoms. The van der Waals surface area contributed by atoms with Crippen molar-refractivity contribution < 1.29 is 14.7 Å². The summed E-state index contributed by atoms with van der Waals surface area (Å²) in [7, 11) is 0. The van der Waals surface area contributed by atoms with Crippen LogP contribution in [-0.2, 0) is 4.79 Å². The second-order valence-electron chi connectivity index (χ2n) is 4.30. The largest absolute Gasteiger partial charge is 0.481 e. The normalized spacial score (nSPS) is 17.4. The zero-order chi connectivity index (χ0) is 13.1. The molecule has 1 aromatic carbocycles. The van der Waals surface area contributed by atoms with Crippen LogP contribution < -0.4 is 10.2 Å². The van der Waals surface area contributed by atoms with Gasteiger partial charge in [0.1, 0.15) is 0 Å². The van der Waals surface area contributed by atoms with Gasteiger partial charge < -0.3 is 10.4 Å². The average molecular weight is 248 g/mol. The molecule has 0 radical (unpaired) electrons. The molecule has 1 heterocycles. The fraction of sp³-hybridized carbons (Fsp3) is 0.385. The molecular weight excluding hydrogens is 232 g/mol. The van der Waals surface area contributed by atoms with Crippen LogP contribution in [0, 0.1) is 0 Å². The molecule has 5 heteroatoms. The van der Waals surface area contributed by atoms with Crippen molar-refractivity contribution in [3.63, 3.8) is 0 Å². The van der Waals surface area contributed by atoms with Gasteiger partial charge in [-0.25, -0.2) is 4.79 Å². The van der Waals surface area contributed by atoms with E-state index in [1.165, 1.54) is 0 Å². The Bertz CT molecular complexity index is 473. The second-order valence-corrected chi connectivity index (χ2v) is 4.30. The maximum Gasteiger partial charge on any atom is 0.321 e. The van der Waals surface area contributed by atoms with Crippen molar-refractivity contribution in [1.29, 1.82) is 0 Å². The summed E-state index contributed by atoms with van der Waals surface area (Å²) in [5, 5.41) is 11.7. The van der Waals surface area contributed by atoms with Crippen LogP contribution in [0.25, 0.3) is 0 Å². The lowest BCUT2D eigenvalue weighted by Gasteiger charge is -2.17. The minimum Gasteiger partial charge on any atom is -0.481 e. The van der Waals surface area contributed by atoms with E-state index in [1.54, 1.807) is 4.90 Å². The van der Waals surface area contributed by atoms with Gasteiger partial charge in [0.25, 0.3) is 0 Å². The number of fused-ring (bicyclic) bond motifs is 1. The van der Waals surface area contributed by atoms with Gasteiger partial charge in [-0.3, -0.25) is 9.69 Å². The van der Waals surface area contributed by atoms with E-state index in [2.05, 4.69) is 5.32 Å². The van der Waals surface area contributed by atoms with Crippen molar-refractivity contribution in [2.24, 2.45) is 0 Å². The molecule has 1 aromatic rings. The highest BCUT2D eigenvalue weighted by Gasteiger charge is 2.32. The zero-order valence-corrected chi connectivity index (χ0v) is 10.2. The molecule has 2 rings (SSSR count). The van der Waals surface area contributed by atoms with Gasteiger partial charge >= 0.3 is 12.0 Å². The number of carboxylic acid groups (broad SMARTS) is 1. The summed E-state index contributed by atoms with van der Waals surface area (Å²) in [6.07, 6.45) is 0.0485. The average Bonchev–Trinajstić information content (AvgIpc) is 2.68. The molecule has 1 aliphatic heterocycles. The van der Waals surface area contributed by atoms with E-state index >= 15 is 0 Å². The topological polar surface area (TPSA) is 69.6 Å². The first-order chi connectivity index (χ1) is 8.63. The number of nitrogens with one attached hydrogen (secondary N) is 1. The quantitative estimate of drug-likeness (QED) is 0.856. The Labute approximate surface area is 105 Å². The van der Waals surface area contributed by atoms with Crippen molar-refractivity contribution in [2.75, 3.05) is 18.0 Å². The molecule has 96 valence electrons. The smallest absolute Gasteiger partial charge is 0.321 e. The lowest BCUT2D eigenvalue weighted by atomic mass is 9.98. The number of carbonyl (C=O) groups is 2. The molecule has 1 unspecified atom stereocenters. The van der Waals surface area contributed by atoms with Gasteiger partial charge in [0.2, 0.25) is 0 Å². The first-order valence-corrected chi connectivity index (χ1v) is 5.99. The van der Waals surface area contributed by atoms with Crippen molar-refractivity contribution in [3.8, 4) is 0 Å². The summed E-state index contributed by atoms with van der Waals surface area (Å²) in [6.45, 7) is 2.84. The van der Waals surface area contributed by atoms with E-state index in [1.807, 2.05) is 31.2 Å². The molecule has 1 atom stereocenters. The number of para-hydroxylation sites is 1. The molecule has 0 saturated carbocycles. The first-order valence-electron chi connectivity index (χ1n) is 5.99. The number of carbonyl (C=O) groups excluding carboxylic acids is 1. The summed E-state index contributed by atoms with van der Waals surface area (Å²) in [6, 6.07) is 7.30. The highest BCUT2D eigenvalue weighted by Crippen LogP contribution is 2.37. The molecule has 0 aliphatic carbocycles. The molecule has 0 aromatic heterocycles. The van der Waals surface area contributed by atoms with Gasteiger partial charge in [-0.05, 0) is 18.6 Å². The number of nitrogens with zero attached hydrogens (tertiary/aromatic N) is 1. The summed E-state index contributed by atoms with van der Waals surface area (Å²) in [5.74, 6) is -0.964. The SMILES string of the molecule is CCNC(=O)N1CC(CC(=O)O)c2ccccc21. The number of aliphatic carboxylic acids is 1. The second kappa shape index (κ2) is 5.08. The molecular formula is C13H16N2O3. The predicted molar refractivity (Wildman–Crippen MR) is 67.9 cm³/mol. The van der Waals surface area contributed by atoms with Crippen LogP contribution in [0.15, 0.2) is 24.3 Å². The Morgan fingerprint density at radius 3 is 2.83 bits per heavy atom. The van der Waals surface area contributed by atoms with Gasteiger partial charge in [-0.2, -0.15) is 0 Å². The highest BCUT2D eigenvalue weighted by molar-refractivity contribution is 5.95. The fourth-order valence-corrected chi connectivity index (χ4v) is 2.32. The van der Waals surface area contributed by atoms with Gasteiger partial charge in [-0.1, -0.05) is 18.2 Å². The molecule has 0 spiro atoms. The minimum absolute atomic E-state index is 0.0485. The Balaban J connectivity index is 2.27. The standard InChI is InChI=1S/C13H16N2O3/c1-2-14-13(18)15-8-9(7-12(16)17)10-5-3-4-6-11(10)15/h3-6,9H,2,7-8H2,1H3,(H,14,18)(H,16,17). The Kier molecular flexibility index (Phi) is 3.50. The number of hydrogen-bond acceptors (Lipinski definition) is 2. The van der Waals surface area contributed by atoms with Crippen LogP contribution in [0.5, 0.6) is 0 Å². The number of amides is 2. The number of hydrogen-bond donors (Lipinski definition) is 2. The summed E-state index contributed by atoms with van der Waals surface area (Å²) in [5.41, 5.74) is 1.75. The molecule has 0 fully saturated rings. The summed E-state index contributed by atoms with van der Waals surface area (Å²) < 4.78 is 0. The summed E-state index contributed by atoms with van der Waals surface area (Å²) in [4.78, 5) is 24.4.